The molecule has 0 spiro atoms. The van der Waals surface area contributed by atoms with Crippen LogP contribution in [0.25, 0.3) is 5.78 Å². The highest BCUT2D eigenvalue weighted by atomic mass is 32.2. The van der Waals surface area contributed by atoms with Crippen LogP contribution in [0.4, 0.5) is 8.78 Å². The molecule has 4 rings (SSSR count). The van der Waals surface area contributed by atoms with Gasteiger partial charge < -0.3 is 4.90 Å². The van der Waals surface area contributed by atoms with E-state index in [1.807, 2.05) is 0 Å². The van der Waals surface area contributed by atoms with Crippen molar-refractivity contribution in [3.63, 3.8) is 0 Å². The molecule has 152 valence electrons. The van der Waals surface area contributed by atoms with Crippen LogP contribution in [-0.2, 0) is 9.84 Å². The molecule has 1 saturated heterocycles. The van der Waals surface area contributed by atoms with Gasteiger partial charge in [-0.1, -0.05) is 0 Å². The summed E-state index contributed by atoms with van der Waals surface area (Å²) in [6.45, 7) is 0.575. The number of benzene rings is 1. The van der Waals surface area contributed by atoms with Crippen LogP contribution in [0.2, 0.25) is 0 Å². The first-order chi connectivity index (χ1) is 13.7. The second-order valence-electron chi connectivity index (χ2n) is 7.00. The Labute approximate surface area is 165 Å². The molecule has 1 unspecified atom stereocenters. The summed E-state index contributed by atoms with van der Waals surface area (Å²) in [5.74, 6) is -2.29. The predicted octanol–water partition coefficient (Wildman–Crippen LogP) is 1.83. The zero-order valence-electron chi connectivity index (χ0n) is 15.4. The monoisotopic (exact) mass is 421 g/mol. The Morgan fingerprint density at radius 3 is 2.59 bits per heavy atom. The largest absolute Gasteiger partial charge is 0.338 e. The third kappa shape index (κ3) is 3.69. The number of hydrogen-bond acceptors (Lipinski definition) is 6. The molecule has 3 aromatic rings. The molecule has 0 saturated carbocycles. The van der Waals surface area contributed by atoms with E-state index in [0.29, 0.717) is 31.1 Å². The lowest BCUT2D eigenvalue weighted by Crippen LogP contribution is -2.40. The number of hydrogen-bond donors (Lipinski definition) is 0. The molecule has 1 amide bonds. The third-order valence-electron chi connectivity index (χ3n) is 4.91. The maximum Gasteiger partial charge on any atom is 0.254 e. The molecule has 1 aliphatic heterocycles. The van der Waals surface area contributed by atoms with Crippen LogP contribution >= 0.6 is 0 Å². The van der Waals surface area contributed by atoms with Crippen molar-refractivity contribution in [1.29, 1.82) is 0 Å². The van der Waals surface area contributed by atoms with Crippen LogP contribution in [0.3, 0.4) is 0 Å². The van der Waals surface area contributed by atoms with E-state index in [4.69, 9.17) is 0 Å². The van der Waals surface area contributed by atoms with Gasteiger partial charge in [-0.15, -0.1) is 0 Å². The van der Waals surface area contributed by atoms with Crippen molar-refractivity contribution < 1.29 is 22.0 Å². The van der Waals surface area contributed by atoms with Crippen molar-refractivity contribution in [3.8, 4) is 0 Å². The SMILES string of the molecule is CS(=O)(=O)c1cnc2ncnn2c1C1CCCN(C(=O)c2cc(F)cc(F)c2)C1. The summed E-state index contributed by atoms with van der Waals surface area (Å²) >= 11 is 0. The molecule has 0 radical (unpaired) electrons. The number of likely N-dealkylation sites (tertiary alicyclic amines) is 1. The number of amides is 1. The molecular weight excluding hydrogens is 404 g/mol. The van der Waals surface area contributed by atoms with Gasteiger partial charge in [0.25, 0.3) is 11.7 Å². The van der Waals surface area contributed by atoms with Gasteiger partial charge in [-0.05, 0) is 25.0 Å². The standard InChI is InChI=1S/C18H17F2N5O3S/c1-29(27,28)15-8-21-18-22-10-23-25(18)16(15)11-3-2-4-24(9-11)17(26)12-5-13(19)7-14(20)6-12/h5-8,10-11H,2-4,9H2,1H3. The fourth-order valence-electron chi connectivity index (χ4n) is 3.68. The molecule has 0 aliphatic carbocycles. The molecule has 11 heteroatoms. The highest BCUT2D eigenvalue weighted by Crippen LogP contribution is 2.32. The Bertz CT molecular complexity index is 1190. The van der Waals surface area contributed by atoms with Gasteiger partial charge >= 0.3 is 0 Å². The van der Waals surface area contributed by atoms with E-state index in [2.05, 4.69) is 15.1 Å². The Morgan fingerprint density at radius 1 is 1.17 bits per heavy atom. The van der Waals surface area contributed by atoms with Crippen molar-refractivity contribution in [3.05, 3.63) is 53.6 Å². The average molecular weight is 421 g/mol. The minimum Gasteiger partial charge on any atom is -0.338 e. The second-order valence-corrected chi connectivity index (χ2v) is 8.98. The summed E-state index contributed by atoms with van der Waals surface area (Å²) in [5, 5.41) is 4.10. The van der Waals surface area contributed by atoms with Crippen LogP contribution in [0.15, 0.2) is 35.6 Å². The lowest BCUT2D eigenvalue weighted by Gasteiger charge is -2.33. The van der Waals surface area contributed by atoms with Crippen LogP contribution in [0.1, 0.15) is 34.8 Å². The van der Waals surface area contributed by atoms with Crippen molar-refractivity contribution in [2.45, 2.75) is 23.7 Å². The maximum absolute atomic E-state index is 13.5. The molecular formula is C18H17F2N5O3S. The molecule has 1 aromatic carbocycles. The maximum atomic E-state index is 13.5. The Kier molecular flexibility index (Phi) is 4.77. The summed E-state index contributed by atoms with van der Waals surface area (Å²) in [5.41, 5.74) is 0.310. The first-order valence-electron chi connectivity index (χ1n) is 8.88. The number of rotatable bonds is 3. The van der Waals surface area contributed by atoms with Crippen LogP contribution in [-0.4, -0.2) is 58.2 Å². The van der Waals surface area contributed by atoms with Gasteiger partial charge in [0.2, 0.25) is 0 Å². The molecule has 1 atom stereocenters. The fourth-order valence-corrected chi connectivity index (χ4v) is 4.56. The first-order valence-corrected chi connectivity index (χ1v) is 10.8. The van der Waals surface area contributed by atoms with E-state index in [0.717, 1.165) is 18.4 Å². The molecule has 0 N–H and O–H groups in total. The number of fused-ring (bicyclic) bond motifs is 1. The first kappa shape index (κ1) is 19.4. The smallest absolute Gasteiger partial charge is 0.254 e. The molecule has 1 fully saturated rings. The highest BCUT2D eigenvalue weighted by molar-refractivity contribution is 7.90. The van der Waals surface area contributed by atoms with Crippen molar-refractivity contribution in [1.82, 2.24) is 24.5 Å². The Hall–Kier alpha value is -2.95. The summed E-state index contributed by atoms with van der Waals surface area (Å²) in [4.78, 5) is 22.3. The average Bonchev–Trinajstić information content (AvgIpc) is 3.14. The second kappa shape index (κ2) is 7.14. The number of piperidine rings is 1. The van der Waals surface area contributed by atoms with Crippen molar-refractivity contribution in [2.24, 2.45) is 0 Å². The third-order valence-corrected chi connectivity index (χ3v) is 6.03. The predicted molar refractivity (Wildman–Crippen MR) is 98.1 cm³/mol. The number of nitrogens with zero attached hydrogens (tertiary/aromatic N) is 5. The van der Waals surface area contributed by atoms with Crippen LogP contribution < -0.4 is 0 Å². The zero-order chi connectivity index (χ0) is 20.8. The molecule has 8 nitrogen and oxygen atoms in total. The van der Waals surface area contributed by atoms with Crippen molar-refractivity contribution in [2.75, 3.05) is 19.3 Å². The van der Waals surface area contributed by atoms with Crippen LogP contribution in [0, 0.1) is 11.6 Å². The topological polar surface area (TPSA) is 97.5 Å². The lowest BCUT2D eigenvalue weighted by molar-refractivity contribution is 0.0703. The van der Waals surface area contributed by atoms with Gasteiger partial charge in [0, 0.05) is 36.9 Å². The molecule has 2 aromatic heterocycles. The fraction of sp³-hybridized carbons (Fsp3) is 0.333. The molecule has 3 heterocycles. The minimum atomic E-state index is -3.61. The number of carbonyl (C=O) groups excluding carboxylic acids is 1. The van der Waals surface area contributed by atoms with Gasteiger partial charge in [-0.25, -0.2) is 22.2 Å². The normalized spacial score (nSPS) is 17.6. The van der Waals surface area contributed by atoms with E-state index in [9.17, 15) is 22.0 Å². The van der Waals surface area contributed by atoms with E-state index >= 15 is 0 Å². The van der Waals surface area contributed by atoms with E-state index in [-0.39, 0.29) is 28.7 Å². The van der Waals surface area contributed by atoms with E-state index < -0.39 is 27.4 Å². The van der Waals surface area contributed by atoms with E-state index in [1.165, 1.54) is 21.9 Å². The quantitative estimate of drug-likeness (QED) is 0.640. The van der Waals surface area contributed by atoms with Gasteiger partial charge in [-0.2, -0.15) is 14.6 Å². The highest BCUT2D eigenvalue weighted by Gasteiger charge is 2.31. The van der Waals surface area contributed by atoms with Crippen LogP contribution in [0.5, 0.6) is 0 Å². The summed E-state index contributed by atoms with van der Waals surface area (Å²) in [6, 6.07) is 2.67. The van der Waals surface area contributed by atoms with E-state index in [1.54, 1.807) is 0 Å². The lowest BCUT2D eigenvalue weighted by atomic mass is 9.94. The zero-order valence-corrected chi connectivity index (χ0v) is 16.2. The minimum absolute atomic E-state index is 0.0200. The van der Waals surface area contributed by atoms with Gasteiger partial charge in [0.1, 0.15) is 22.9 Å². The summed E-state index contributed by atoms with van der Waals surface area (Å²) in [6.07, 6.45) is 4.81. The molecule has 0 bridgehead atoms. The number of sulfone groups is 1. The molecule has 1 aliphatic rings. The Morgan fingerprint density at radius 2 is 1.90 bits per heavy atom. The summed E-state index contributed by atoms with van der Waals surface area (Å²) in [7, 11) is -3.61. The van der Waals surface area contributed by atoms with Gasteiger partial charge in [0.15, 0.2) is 9.84 Å². The van der Waals surface area contributed by atoms with Gasteiger partial charge in [0.05, 0.1) is 11.9 Å². The Balaban J connectivity index is 1.72. The number of aromatic nitrogens is 4. The molecule has 29 heavy (non-hydrogen) atoms. The summed E-state index contributed by atoms with van der Waals surface area (Å²) < 4.78 is 53.0. The number of halogens is 2. The van der Waals surface area contributed by atoms with Crippen molar-refractivity contribution >= 4 is 21.5 Å². The van der Waals surface area contributed by atoms with Gasteiger partial charge in [-0.3, -0.25) is 4.79 Å². The number of carbonyl (C=O) groups is 1.